The third kappa shape index (κ3) is 6.59. The molecule has 2 N–H and O–H groups in total. The third-order valence-corrected chi connectivity index (χ3v) is 3.39. The molecule has 6 heteroatoms. The largest absolute Gasteiger partial charge is 0.496 e. The number of aliphatic carboxylic acids is 1. The molecule has 0 aromatic heterocycles. The molecule has 6 nitrogen and oxygen atoms in total. The molecule has 0 aliphatic rings. The van der Waals surface area contributed by atoms with Crippen molar-refractivity contribution in [3.63, 3.8) is 0 Å². The van der Waals surface area contributed by atoms with Gasteiger partial charge < -0.3 is 19.9 Å². The van der Waals surface area contributed by atoms with Crippen molar-refractivity contribution in [1.29, 1.82) is 0 Å². The van der Waals surface area contributed by atoms with Gasteiger partial charge in [0.1, 0.15) is 11.5 Å². The second-order valence-electron chi connectivity index (χ2n) is 5.89. The van der Waals surface area contributed by atoms with E-state index in [1.54, 1.807) is 25.3 Å². The van der Waals surface area contributed by atoms with Crippen molar-refractivity contribution < 1.29 is 24.2 Å². The van der Waals surface area contributed by atoms with Gasteiger partial charge in [0.15, 0.2) is 6.61 Å². The van der Waals surface area contributed by atoms with Crippen molar-refractivity contribution in [3.05, 3.63) is 23.8 Å². The van der Waals surface area contributed by atoms with Crippen molar-refractivity contribution in [2.45, 2.75) is 27.2 Å². The van der Waals surface area contributed by atoms with Crippen LogP contribution in [0.2, 0.25) is 0 Å². The number of carbonyl (C=O) groups excluding carboxylic acids is 1. The van der Waals surface area contributed by atoms with Crippen LogP contribution < -0.4 is 14.8 Å². The van der Waals surface area contributed by atoms with E-state index in [1.807, 2.05) is 20.8 Å². The summed E-state index contributed by atoms with van der Waals surface area (Å²) >= 11 is 0. The smallest absolute Gasteiger partial charge is 0.308 e. The number of carboxylic acids is 1. The maximum absolute atomic E-state index is 11.8. The van der Waals surface area contributed by atoms with E-state index in [9.17, 15) is 9.59 Å². The fourth-order valence-electron chi connectivity index (χ4n) is 2.22. The number of benzene rings is 1. The van der Waals surface area contributed by atoms with Crippen LogP contribution in [0.1, 0.15) is 25.8 Å². The summed E-state index contributed by atoms with van der Waals surface area (Å²) < 4.78 is 10.6. The van der Waals surface area contributed by atoms with Gasteiger partial charge in [0.25, 0.3) is 5.91 Å². The molecule has 0 aliphatic carbocycles. The van der Waals surface area contributed by atoms with Crippen molar-refractivity contribution in [1.82, 2.24) is 5.32 Å². The van der Waals surface area contributed by atoms with E-state index >= 15 is 0 Å². The number of carboxylic acid groups (broad SMARTS) is 1. The quantitative estimate of drug-likeness (QED) is 0.728. The number of hydrogen-bond acceptors (Lipinski definition) is 4. The molecule has 0 radical (unpaired) electrons. The molecule has 0 heterocycles. The maximum atomic E-state index is 11.8. The van der Waals surface area contributed by atoms with Gasteiger partial charge in [-0.05, 0) is 43.0 Å². The van der Waals surface area contributed by atoms with Crippen LogP contribution >= 0.6 is 0 Å². The van der Waals surface area contributed by atoms with Crippen LogP contribution in [0, 0.1) is 18.8 Å². The van der Waals surface area contributed by atoms with Crippen LogP contribution in [0.4, 0.5) is 0 Å². The molecule has 0 saturated carbocycles. The first-order valence-electron chi connectivity index (χ1n) is 7.60. The molecule has 0 spiro atoms. The lowest BCUT2D eigenvalue weighted by Crippen LogP contribution is -2.36. The van der Waals surface area contributed by atoms with E-state index < -0.39 is 11.9 Å². The summed E-state index contributed by atoms with van der Waals surface area (Å²) in [5, 5.41) is 11.7. The van der Waals surface area contributed by atoms with Gasteiger partial charge in [-0.3, -0.25) is 9.59 Å². The second-order valence-corrected chi connectivity index (χ2v) is 5.89. The minimum absolute atomic E-state index is 0.108. The monoisotopic (exact) mass is 323 g/mol. The molecule has 0 aliphatic heterocycles. The standard InChI is InChI=1S/C17H25NO5/c1-11(2)7-13(17(20)21)9-18-16(19)10-23-14-5-6-15(22-4)12(3)8-14/h5-6,8,11,13H,7,9-10H2,1-4H3,(H,18,19)(H,20,21). The number of amides is 1. The van der Waals surface area contributed by atoms with Gasteiger partial charge >= 0.3 is 5.97 Å². The van der Waals surface area contributed by atoms with Gasteiger partial charge in [-0.1, -0.05) is 13.8 Å². The third-order valence-electron chi connectivity index (χ3n) is 3.39. The maximum Gasteiger partial charge on any atom is 0.308 e. The van der Waals surface area contributed by atoms with E-state index in [-0.39, 0.29) is 25.0 Å². The zero-order chi connectivity index (χ0) is 17.4. The van der Waals surface area contributed by atoms with Crippen molar-refractivity contribution in [3.8, 4) is 11.5 Å². The zero-order valence-corrected chi connectivity index (χ0v) is 14.1. The first kappa shape index (κ1) is 18.8. The zero-order valence-electron chi connectivity index (χ0n) is 14.1. The first-order chi connectivity index (χ1) is 10.8. The topological polar surface area (TPSA) is 84.9 Å². The van der Waals surface area contributed by atoms with Crippen LogP contribution in [0.3, 0.4) is 0 Å². The van der Waals surface area contributed by atoms with Gasteiger partial charge in [-0.2, -0.15) is 0 Å². The number of hydrogen-bond donors (Lipinski definition) is 2. The Kier molecular flexibility index (Phi) is 7.38. The van der Waals surface area contributed by atoms with Crippen molar-refractivity contribution >= 4 is 11.9 Å². The van der Waals surface area contributed by atoms with Gasteiger partial charge in [0.2, 0.25) is 0 Å². The summed E-state index contributed by atoms with van der Waals surface area (Å²) in [5.74, 6) is -0.247. The SMILES string of the molecule is COc1ccc(OCC(=O)NCC(CC(C)C)C(=O)O)cc1C. The molecule has 0 fully saturated rings. The van der Waals surface area contributed by atoms with Crippen LogP contribution in [0.25, 0.3) is 0 Å². The lowest BCUT2D eigenvalue weighted by Gasteiger charge is -2.15. The van der Waals surface area contributed by atoms with E-state index in [2.05, 4.69) is 5.32 Å². The highest BCUT2D eigenvalue weighted by molar-refractivity contribution is 5.78. The Morgan fingerprint density at radius 2 is 2.00 bits per heavy atom. The summed E-state index contributed by atoms with van der Waals surface area (Å²) in [5.41, 5.74) is 0.910. The molecule has 23 heavy (non-hydrogen) atoms. The van der Waals surface area contributed by atoms with Crippen LogP contribution in [-0.2, 0) is 9.59 Å². The minimum atomic E-state index is -0.898. The Bertz CT molecular complexity index is 542. The summed E-state index contributed by atoms with van der Waals surface area (Å²) in [6.45, 7) is 5.74. The molecule has 1 rings (SSSR count). The summed E-state index contributed by atoms with van der Waals surface area (Å²) in [6, 6.07) is 5.27. The first-order valence-corrected chi connectivity index (χ1v) is 7.60. The van der Waals surface area contributed by atoms with Gasteiger partial charge in [0, 0.05) is 6.54 Å². The Morgan fingerprint density at radius 3 is 2.52 bits per heavy atom. The molecule has 128 valence electrons. The van der Waals surface area contributed by atoms with Crippen LogP contribution in [0.5, 0.6) is 11.5 Å². The van der Waals surface area contributed by atoms with Crippen molar-refractivity contribution in [2.75, 3.05) is 20.3 Å². The van der Waals surface area contributed by atoms with Gasteiger partial charge in [-0.25, -0.2) is 0 Å². The normalized spacial score (nSPS) is 11.9. The van der Waals surface area contributed by atoms with E-state index in [0.717, 1.165) is 11.3 Å². The number of nitrogens with one attached hydrogen (secondary N) is 1. The highest BCUT2D eigenvalue weighted by Crippen LogP contribution is 2.22. The Balaban J connectivity index is 2.44. The Labute approximate surface area is 136 Å². The van der Waals surface area contributed by atoms with E-state index in [4.69, 9.17) is 14.6 Å². The molecule has 1 amide bonds. The predicted octanol–water partition coefficient (Wildman–Crippen LogP) is 2.25. The average molecular weight is 323 g/mol. The molecule has 1 aromatic carbocycles. The fourth-order valence-corrected chi connectivity index (χ4v) is 2.22. The second kappa shape index (κ2) is 9.02. The highest BCUT2D eigenvalue weighted by atomic mass is 16.5. The number of ether oxygens (including phenoxy) is 2. The summed E-state index contributed by atoms with van der Waals surface area (Å²) in [6.07, 6.45) is 0.522. The fraction of sp³-hybridized carbons (Fsp3) is 0.529. The van der Waals surface area contributed by atoms with Gasteiger partial charge in [0.05, 0.1) is 13.0 Å². The van der Waals surface area contributed by atoms with Gasteiger partial charge in [-0.15, -0.1) is 0 Å². The number of aryl methyl sites for hydroxylation is 1. The molecule has 1 atom stereocenters. The Hall–Kier alpha value is -2.24. The summed E-state index contributed by atoms with van der Waals surface area (Å²) in [7, 11) is 1.59. The summed E-state index contributed by atoms with van der Waals surface area (Å²) in [4.78, 5) is 22.9. The highest BCUT2D eigenvalue weighted by Gasteiger charge is 2.19. The molecule has 1 aromatic rings. The predicted molar refractivity (Wildman–Crippen MR) is 86.8 cm³/mol. The number of rotatable bonds is 9. The van der Waals surface area contributed by atoms with E-state index in [1.165, 1.54) is 0 Å². The molecular formula is C17H25NO5. The molecule has 0 saturated heterocycles. The lowest BCUT2D eigenvalue weighted by molar-refractivity contribution is -0.142. The molecular weight excluding hydrogens is 298 g/mol. The Morgan fingerprint density at radius 1 is 1.30 bits per heavy atom. The van der Waals surface area contributed by atoms with Crippen LogP contribution in [-0.4, -0.2) is 37.2 Å². The number of methoxy groups -OCH3 is 1. The lowest BCUT2D eigenvalue weighted by atomic mass is 9.97. The number of carbonyl (C=O) groups is 2. The van der Waals surface area contributed by atoms with Crippen molar-refractivity contribution in [2.24, 2.45) is 11.8 Å². The van der Waals surface area contributed by atoms with Crippen LogP contribution in [0.15, 0.2) is 18.2 Å². The minimum Gasteiger partial charge on any atom is -0.496 e. The molecule has 1 unspecified atom stereocenters. The average Bonchev–Trinajstić information content (AvgIpc) is 2.48. The molecule has 0 bridgehead atoms. The van der Waals surface area contributed by atoms with E-state index in [0.29, 0.717) is 12.2 Å².